The summed E-state index contributed by atoms with van der Waals surface area (Å²) in [4.78, 5) is 0. The van der Waals surface area contributed by atoms with E-state index in [4.69, 9.17) is 0 Å². The molecule has 5 heavy (non-hydrogen) atoms. The summed E-state index contributed by atoms with van der Waals surface area (Å²) in [5.74, 6) is 4.47. The fourth-order valence-corrected chi connectivity index (χ4v) is 0. The summed E-state index contributed by atoms with van der Waals surface area (Å²) in [5.41, 5.74) is 4.61. The second-order valence-corrected chi connectivity index (χ2v) is 0.298. The average molecular weight is 95.5 g/mol. The Morgan fingerprint density at radius 2 is 1.80 bits per heavy atom. The lowest BCUT2D eigenvalue weighted by molar-refractivity contribution is 1.25. The SMILES string of the molecule is Cl.N/C=N/N. The van der Waals surface area contributed by atoms with Gasteiger partial charge < -0.3 is 11.6 Å². The van der Waals surface area contributed by atoms with Gasteiger partial charge in [0.15, 0.2) is 0 Å². The van der Waals surface area contributed by atoms with E-state index in [1.807, 2.05) is 0 Å². The number of hydrogen-bond acceptors (Lipinski definition) is 2. The van der Waals surface area contributed by atoms with Gasteiger partial charge in [-0.1, -0.05) is 0 Å². The molecule has 0 amide bonds. The fraction of sp³-hybridized carbons (Fsp3) is 0. The summed E-state index contributed by atoms with van der Waals surface area (Å²) < 4.78 is 0. The predicted molar refractivity (Wildman–Crippen MR) is 24.1 cm³/mol. The maximum absolute atomic E-state index is 4.61. The van der Waals surface area contributed by atoms with Gasteiger partial charge in [-0.25, -0.2) is 0 Å². The monoisotopic (exact) mass is 95.0 g/mol. The fourth-order valence-electron chi connectivity index (χ4n) is 0. The number of nitrogens with zero attached hydrogens (tertiary/aromatic N) is 1. The molecule has 0 atom stereocenters. The molecule has 0 spiro atoms. The average Bonchev–Trinajstić information content (AvgIpc) is 1.37. The Kier molecular flexibility index (Phi) is 16.9. The second kappa shape index (κ2) is 9.59. The van der Waals surface area contributed by atoms with E-state index in [9.17, 15) is 0 Å². The van der Waals surface area contributed by atoms with E-state index in [-0.39, 0.29) is 12.4 Å². The van der Waals surface area contributed by atoms with Crippen molar-refractivity contribution in [1.82, 2.24) is 0 Å². The maximum atomic E-state index is 4.61. The van der Waals surface area contributed by atoms with Crippen molar-refractivity contribution in [3.63, 3.8) is 0 Å². The van der Waals surface area contributed by atoms with Gasteiger partial charge in [-0.2, -0.15) is 5.10 Å². The number of hydrazone groups is 1. The van der Waals surface area contributed by atoms with Crippen molar-refractivity contribution in [3.05, 3.63) is 0 Å². The Morgan fingerprint density at radius 3 is 1.80 bits per heavy atom. The van der Waals surface area contributed by atoms with E-state index in [0.29, 0.717) is 0 Å². The Balaban J connectivity index is 0. The third kappa shape index (κ3) is 27.6. The molecule has 0 unspecified atom stereocenters. The Labute approximate surface area is 36.4 Å². The van der Waals surface area contributed by atoms with Crippen LogP contribution in [0.3, 0.4) is 0 Å². The molecule has 4 heteroatoms. The van der Waals surface area contributed by atoms with Gasteiger partial charge in [0.2, 0.25) is 0 Å². The summed E-state index contributed by atoms with van der Waals surface area (Å²) in [7, 11) is 0. The molecule has 0 fully saturated rings. The molecule has 0 bridgehead atoms. The minimum Gasteiger partial charge on any atom is -0.388 e. The lowest BCUT2D eigenvalue weighted by Gasteiger charge is -1.57. The van der Waals surface area contributed by atoms with E-state index in [2.05, 4.69) is 16.7 Å². The number of rotatable bonds is 0. The Bertz CT molecular complexity index is 22.1. The number of nitrogens with two attached hydrogens (primary N) is 2. The van der Waals surface area contributed by atoms with Crippen molar-refractivity contribution < 1.29 is 0 Å². The maximum Gasteiger partial charge on any atom is 0.105 e. The molecule has 3 nitrogen and oxygen atoms in total. The predicted octanol–water partition coefficient (Wildman–Crippen LogP) is -0.731. The van der Waals surface area contributed by atoms with Crippen LogP contribution in [0.15, 0.2) is 5.10 Å². The van der Waals surface area contributed by atoms with Crippen LogP contribution in [0.1, 0.15) is 0 Å². The van der Waals surface area contributed by atoms with Crippen molar-refractivity contribution >= 4 is 18.7 Å². The molecule has 0 saturated heterocycles. The lowest BCUT2D eigenvalue weighted by Crippen LogP contribution is -1.91. The lowest BCUT2D eigenvalue weighted by atomic mass is 11.4. The zero-order valence-electron chi connectivity index (χ0n) is 2.59. The molecule has 0 aliphatic carbocycles. The van der Waals surface area contributed by atoms with Crippen LogP contribution in [0.25, 0.3) is 0 Å². The van der Waals surface area contributed by atoms with Crippen molar-refractivity contribution in [2.45, 2.75) is 0 Å². The van der Waals surface area contributed by atoms with Gasteiger partial charge in [-0.15, -0.1) is 12.4 Å². The van der Waals surface area contributed by atoms with Gasteiger partial charge >= 0.3 is 0 Å². The van der Waals surface area contributed by atoms with Crippen molar-refractivity contribution in [1.29, 1.82) is 0 Å². The van der Waals surface area contributed by atoms with E-state index >= 15 is 0 Å². The Hall–Kier alpha value is -0.440. The standard InChI is InChI=1S/CH5N3.ClH/c2-1-4-3;/h1H,3H2,(H2,2,4);1H. The van der Waals surface area contributed by atoms with E-state index < -0.39 is 0 Å². The molecule has 32 valence electrons. The van der Waals surface area contributed by atoms with E-state index in [1.54, 1.807) is 0 Å². The number of hydrogen-bond donors (Lipinski definition) is 2. The van der Waals surface area contributed by atoms with Crippen LogP contribution in [0.2, 0.25) is 0 Å². The summed E-state index contributed by atoms with van der Waals surface area (Å²) in [6, 6.07) is 0. The van der Waals surface area contributed by atoms with E-state index in [0.717, 1.165) is 6.34 Å². The zero-order valence-corrected chi connectivity index (χ0v) is 3.40. The van der Waals surface area contributed by atoms with Crippen LogP contribution >= 0.6 is 12.4 Å². The first-order valence-corrected chi connectivity index (χ1v) is 0.850. The third-order valence-corrected chi connectivity index (χ3v) is 0.0861. The van der Waals surface area contributed by atoms with Gasteiger partial charge in [0, 0.05) is 0 Å². The Morgan fingerprint density at radius 1 is 1.60 bits per heavy atom. The first kappa shape index (κ1) is 8.82. The van der Waals surface area contributed by atoms with Gasteiger partial charge in [-0.3, -0.25) is 0 Å². The van der Waals surface area contributed by atoms with Crippen LogP contribution in [0.5, 0.6) is 0 Å². The highest BCUT2D eigenvalue weighted by Crippen LogP contribution is 1.16. The second-order valence-electron chi connectivity index (χ2n) is 0.298. The molecule has 0 aromatic rings. The topological polar surface area (TPSA) is 64.4 Å². The van der Waals surface area contributed by atoms with Crippen molar-refractivity contribution in [3.8, 4) is 0 Å². The molecule has 0 rings (SSSR count). The first-order chi connectivity index (χ1) is 1.91. The number of halogens is 1. The highest BCUT2D eigenvalue weighted by molar-refractivity contribution is 5.85. The largest absolute Gasteiger partial charge is 0.388 e. The van der Waals surface area contributed by atoms with Gasteiger partial charge in [0.05, 0.1) is 0 Å². The highest BCUT2D eigenvalue weighted by atomic mass is 35.5. The quantitative estimate of drug-likeness (QED) is 0.180. The summed E-state index contributed by atoms with van der Waals surface area (Å²) in [6.45, 7) is 0. The molecular weight excluding hydrogens is 89.5 g/mol. The molecule has 4 N–H and O–H groups in total. The molecule has 0 aliphatic heterocycles. The molecular formula is CH6ClN3. The normalized spacial score (nSPS) is 7.20. The minimum absolute atomic E-state index is 0. The smallest absolute Gasteiger partial charge is 0.105 e. The van der Waals surface area contributed by atoms with Crippen LogP contribution in [0.4, 0.5) is 0 Å². The summed E-state index contributed by atoms with van der Waals surface area (Å²) in [5, 5.41) is 2.89. The van der Waals surface area contributed by atoms with Crippen LogP contribution < -0.4 is 11.6 Å². The minimum atomic E-state index is 0. The van der Waals surface area contributed by atoms with Crippen molar-refractivity contribution in [2.24, 2.45) is 16.7 Å². The summed E-state index contributed by atoms with van der Waals surface area (Å²) >= 11 is 0. The zero-order chi connectivity index (χ0) is 3.41. The van der Waals surface area contributed by atoms with Gasteiger partial charge in [0.1, 0.15) is 6.34 Å². The summed E-state index contributed by atoms with van der Waals surface area (Å²) in [6.07, 6.45) is 1.03. The molecule has 0 aromatic carbocycles. The first-order valence-electron chi connectivity index (χ1n) is 0.850. The van der Waals surface area contributed by atoms with Crippen LogP contribution in [-0.4, -0.2) is 6.34 Å². The molecule has 0 aromatic heterocycles. The van der Waals surface area contributed by atoms with E-state index in [1.165, 1.54) is 0 Å². The van der Waals surface area contributed by atoms with Crippen LogP contribution in [-0.2, 0) is 0 Å². The van der Waals surface area contributed by atoms with Gasteiger partial charge in [-0.05, 0) is 0 Å². The third-order valence-electron chi connectivity index (χ3n) is 0.0861. The molecule has 0 aliphatic rings. The van der Waals surface area contributed by atoms with Crippen LogP contribution in [0, 0.1) is 0 Å². The molecule has 0 heterocycles. The molecule has 0 saturated carbocycles. The molecule has 0 radical (unpaired) electrons. The van der Waals surface area contributed by atoms with Gasteiger partial charge in [0.25, 0.3) is 0 Å². The highest BCUT2D eigenvalue weighted by Gasteiger charge is 1.29. The van der Waals surface area contributed by atoms with Crippen molar-refractivity contribution in [2.75, 3.05) is 0 Å².